The highest BCUT2D eigenvalue weighted by atomic mass is 19.1. The second-order valence-electron chi connectivity index (χ2n) is 6.39. The molecular weight excluding hydrogens is 263 g/mol. The summed E-state index contributed by atoms with van der Waals surface area (Å²) in [5, 5.41) is 3.04. The van der Waals surface area contributed by atoms with E-state index >= 15 is 0 Å². The van der Waals surface area contributed by atoms with Gasteiger partial charge in [0.15, 0.2) is 0 Å². The number of hydrogen-bond donors (Lipinski definition) is 1. The second kappa shape index (κ2) is 5.76. The van der Waals surface area contributed by atoms with Crippen LogP contribution in [0.25, 0.3) is 0 Å². The smallest absolute Gasteiger partial charge is 0.133 e. The Hall–Kier alpha value is -1.03. The van der Waals surface area contributed by atoms with E-state index in [1.54, 1.807) is 7.05 Å². The molecule has 0 radical (unpaired) electrons. The molecule has 1 N–H and O–H groups in total. The summed E-state index contributed by atoms with van der Waals surface area (Å²) in [6.07, 6.45) is 4.18. The van der Waals surface area contributed by atoms with E-state index in [-0.39, 0.29) is 16.9 Å². The lowest BCUT2D eigenvalue weighted by molar-refractivity contribution is 0.0983. The van der Waals surface area contributed by atoms with Crippen molar-refractivity contribution in [3.05, 3.63) is 35.1 Å². The largest absolute Gasteiger partial charge is 0.313 e. The Morgan fingerprint density at radius 2 is 1.75 bits per heavy atom. The third-order valence-corrected chi connectivity index (χ3v) is 4.66. The molecule has 4 heteroatoms. The van der Waals surface area contributed by atoms with Gasteiger partial charge in [-0.1, -0.05) is 26.7 Å². The standard InChI is InChI=1S/C16H22F3N/c1-16(2)7-5-4-6-11(16)15(20-3)14-12(18)8-10(17)9-13(14)19/h8-9,11,15,20H,4-7H2,1-3H3. The first-order valence-corrected chi connectivity index (χ1v) is 7.18. The van der Waals surface area contributed by atoms with E-state index in [9.17, 15) is 13.2 Å². The van der Waals surface area contributed by atoms with Crippen molar-refractivity contribution in [1.29, 1.82) is 0 Å². The van der Waals surface area contributed by atoms with Crippen LogP contribution in [0.4, 0.5) is 13.2 Å². The van der Waals surface area contributed by atoms with E-state index in [0.29, 0.717) is 0 Å². The van der Waals surface area contributed by atoms with E-state index in [4.69, 9.17) is 0 Å². The van der Waals surface area contributed by atoms with E-state index in [2.05, 4.69) is 19.2 Å². The van der Waals surface area contributed by atoms with Gasteiger partial charge in [0.2, 0.25) is 0 Å². The molecular formula is C16H22F3N. The van der Waals surface area contributed by atoms with Gasteiger partial charge in [0.05, 0.1) is 0 Å². The number of hydrogen-bond acceptors (Lipinski definition) is 1. The minimum absolute atomic E-state index is 0.0131. The molecule has 0 heterocycles. The number of nitrogens with one attached hydrogen (secondary N) is 1. The maximum atomic E-state index is 14.0. The molecule has 1 fully saturated rings. The van der Waals surface area contributed by atoms with Gasteiger partial charge in [0.25, 0.3) is 0 Å². The van der Waals surface area contributed by atoms with Gasteiger partial charge in [-0.3, -0.25) is 0 Å². The van der Waals surface area contributed by atoms with Crippen LogP contribution in [0.2, 0.25) is 0 Å². The molecule has 0 amide bonds. The summed E-state index contributed by atoms with van der Waals surface area (Å²) in [5.74, 6) is -2.34. The highest BCUT2D eigenvalue weighted by Gasteiger charge is 2.39. The molecule has 0 spiro atoms. The van der Waals surface area contributed by atoms with Crippen LogP contribution >= 0.6 is 0 Å². The SMILES string of the molecule is CNC(c1c(F)cc(F)cc1F)C1CCCCC1(C)C. The van der Waals surface area contributed by atoms with Crippen molar-refractivity contribution in [2.24, 2.45) is 11.3 Å². The summed E-state index contributed by atoms with van der Waals surface area (Å²) in [6, 6.07) is 1.10. The fraction of sp³-hybridized carbons (Fsp3) is 0.625. The van der Waals surface area contributed by atoms with Gasteiger partial charge in [-0.25, -0.2) is 13.2 Å². The van der Waals surface area contributed by atoms with Crippen molar-refractivity contribution in [1.82, 2.24) is 5.32 Å². The Morgan fingerprint density at radius 1 is 1.15 bits per heavy atom. The molecule has 0 bridgehead atoms. The molecule has 112 valence electrons. The molecule has 1 saturated carbocycles. The third-order valence-electron chi connectivity index (χ3n) is 4.66. The Balaban J connectivity index is 2.42. The fourth-order valence-corrected chi connectivity index (χ4v) is 3.54. The third kappa shape index (κ3) is 2.85. The number of halogens is 3. The number of benzene rings is 1. The molecule has 2 rings (SSSR count). The van der Waals surface area contributed by atoms with E-state index in [0.717, 1.165) is 37.8 Å². The maximum Gasteiger partial charge on any atom is 0.133 e. The zero-order chi connectivity index (χ0) is 14.9. The van der Waals surface area contributed by atoms with Gasteiger partial charge in [-0.15, -0.1) is 0 Å². The quantitative estimate of drug-likeness (QED) is 0.857. The Kier molecular flexibility index (Phi) is 4.43. The molecule has 2 atom stereocenters. The molecule has 1 aliphatic carbocycles. The van der Waals surface area contributed by atoms with Gasteiger partial charge in [-0.05, 0) is 31.2 Å². The summed E-state index contributed by atoms with van der Waals surface area (Å²) in [4.78, 5) is 0. The van der Waals surface area contributed by atoms with E-state index in [1.807, 2.05) is 0 Å². The predicted octanol–water partition coefficient (Wildman–Crippen LogP) is 4.58. The topological polar surface area (TPSA) is 12.0 Å². The Morgan fingerprint density at radius 3 is 2.25 bits per heavy atom. The summed E-state index contributed by atoms with van der Waals surface area (Å²) < 4.78 is 41.1. The molecule has 0 aliphatic heterocycles. The summed E-state index contributed by atoms with van der Waals surface area (Å²) in [7, 11) is 1.71. The highest BCUT2D eigenvalue weighted by Crippen LogP contribution is 2.47. The zero-order valence-corrected chi connectivity index (χ0v) is 12.3. The van der Waals surface area contributed by atoms with Crippen molar-refractivity contribution in [2.75, 3.05) is 7.05 Å². The second-order valence-corrected chi connectivity index (χ2v) is 6.39. The van der Waals surface area contributed by atoms with Crippen molar-refractivity contribution in [3.63, 3.8) is 0 Å². The van der Waals surface area contributed by atoms with Crippen LogP contribution in [0, 0.1) is 28.8 Å². The lowest BCUT2D eigenvalue weighted by Crippen LogP contribution is -2.38. The Bertz CT molecular complexity index is 462. The van der Waals surface area contributed by atoms with Crippen molar-refractivity contribution < 1.29 is 13.2 Å². The minimum Gasteiger partial charge on any atom is -0.313 e. The first-order chi connectivity index (χ1) is 9.36. The lowest BCUT2D eigenvalue weighted by atomic mass is 9.64. The van der Waals surface area contributed by atoms with Crippen molar-refractivity contribution >= 4 is 0 Å². The molecule has 0 aromatic heterocycles. The van der Waals surface area contributed by atoms with Gasteiger partial charge in [0, 0.05) is 23.7 Å². The lowest BCUT2D eigenvalue weighted by Gasteiger charge is -2.43. The van der Waals surface area contributed by atoms with Crippen LogP contribution in [-0.2, 0) is 0 Å². The van der Waals surface area contributed by atoms with Crippen LogP contribution < -0.4 is 5.32 Å². The van der Waals surface area contributed by atoms with Crippen molar-refractivity contribution in [3.8, 4) is 0 Å². The number of rotatable bonds is 3. The predicted molar refractivity (Wildman–Crippen MR) is 73.9 cm³/mol. The first-order valence-electron chi connectivity index (χ1n) is 7.18. The molecule has 1 aliphatic rings. The van der Waals surface area contributed by atoms with E-state index in [1.165, 1.54) is 0 Å². The molecule has 2 unspecified atom stereocenters. The van der Waals surface area contributed by atoms with Gasteiger partial charge in [-0.2, -0.15) is 0 Å². The average molecular weight is 285 g/mol. The maximum absolute atomic E-state index is 14.0. The fourth-order valence-electron chi connectivity index (χ4n) is 3.54. The van der Waals surface area contributed by atoms with Gasteiger partial charge >= 0.3 is 0 Å². The molecule has 0 saturated heterocycles. The average Bonchev–Trinajstić information content (AvgIpc) is 2.34. The molecule has 1 nitrogen and oxygen atoms in total. The molecule has 1 aromatic carbocycles. The molecule has 20 heavy (non-hydrogen) atoms. The van der Waals surface area contributed by atoms with Crippen LogP contribution in [0.3, 0.4) is 0 Å². The van der Waals surface area contributed by atoms with Crippen LogP contribution in [0.5, 0.6) is 0 Å². The van der Waals surface area contributed by atoms with Crippen LogP contribution in [-0.4, -0.2) is 7.05 Å². The van der Waals surface area contributed by atoms with E-state index < -0.39 is 23.5 Å². The monoisotopic (exact) mass is 285 g/mol. The first kappa shape index (κ1) is 15.4. The van der Waals surface area contributed by atoms with Gasteiger partial charge < -0.3 is 5.32 Å². The highest BCUT2D eigenvalue weighted by molar-refractivity contribution is 5.25. The Labute approximate surface area is 118 Å². The zero-order valence-electron chi connectivity index (χ0n) is 12.3. The normalized spacial score (nSPS) is 23.6. The summed E-state index contributed by atoms with van der Waals surface area (Å²) in [6.45, 7) is 4.28. The summed E-state index contributed by atoms with van der Waals surface area (Å²) in [5.41, 5.74) is -0.0204. The van der Waals surface area contributed by atoms with Gasteiger partial charge in [0.1, 0.15) is 17.5 Å². The van der Waals surface area contributed by atoms with Crippen LogP contribution in [0.1, 0.15) is 51.1 Å². The molecule has 1 aromatic rings. The minimum atomic E-state index is -0.874. The summed E-state index contributed by atoms with van der Waals surface area (Å²) >= 11 is 0. The van der Waals surface area contributed by atoms with Crippen molar-refractivity contribution in [2.45, 2.75) is 45.6 Å². The van der Waals surface area contributed by atoms with Crippen LogP contribution in [0.15, 0.2) is 12.1 Å².